The molecule has 1 aliphatic heterocycles. The summed E-state index contributed by atoms with van der Waals surface area (Å²) < 4.78 is 6.68. The second-order valence-corrected chi connectivity index (χ2v) is 5.87. The van der Waals surface area contributed by atoms with E-state index >= 15 is 0 Å². The minimum Gasteiger partial charge on any atom is -0.451 e. The summed E-state index contributed by atoms with van der Waals surface area (Å²) >= 11 is 0. The molecule has 1 amide bonds. The van der Waals surface area contributed by atoms with Crippen molar-refractivity contribution in [1.82, 2.24) is 4.57 Å². The minimum absolute atomic E-state index is 0.308. The van der Waals surface area contributed by atoms with Gasteiger partial charge in [0, 0.05) is 37.7 Å². The van der Waals surface area contributed by atoms with E-state index in [0.29, 0.717) is 11.4 Å². The zero-order chi connectivity index (χ0) is 16.9. The van der Waals surface area contributed by atoms with Gasteiger partial charge in [-0.25, -0.2) is 4.79 Å². The van der Waals surface area contributed by atoms with Crippen LogP contribution >= 0.6 is 0 Å². The highest BCUT2D eigenvalue weighted by Crippen LogP contribution is 2.21. The molecular weight excluding hydrogens is 306 g/mol. The van der Waals surface area contributed by atoms with Crippen molar-refractivity contribution in [3.63, 3.8) is 0 Å². The summed E-state index contributed by atoms with van der Waals surface area (Å²) in [7, 11) is 1.75. The van der Waals surface area contributed by atoms with Crippen LogP contribution in [0.5, 0.6) is 0 Å². The lowest BCUT2D eigenvalue weighted by molar-refractivity contribution is -0.119. The van der Waals surface area contributed by atoms with Gasteiger partial charge in [0.2, 0.25) is 0 Å². The highest BCUT2D eigenvalue weighted by molar-refractivity contribution is 5.95. The summed E-state index contributed by atoms with van der Waals surface area (Å²) in [6, 6.07) is 11.1. The number of hydrogen-bond acceptors (Lipinski definition) is 4. The number of anilines is 2. The molecule has 0 bridgehead atoms. The van der Waals surface area contributed by atoms with Crippen molar-refractivity contribution < 1.29 is 14.3 Å². The Hall–Kier alpha value is -2.76. The maximum Gasteiger partial charge on any atom is 0.355 e. The number of carbonyl (C=O) groups is 2. The lowest BCUT2D eigenvalue weighted by Gasteiger charge is -2.17. The van der Waals surface area contributed by atoms with Gasteiger partial charge in [0.25, 0.3) is 5.91 Å². The monoisotopic (exact) mass is 327 g/mol. The van der Waals surface area contributed by atoms with Crippen molar-refractivity contribution in [3.8, 4) is 0 Å². The molecule has 2 heterocycles. The van der Waals surface area contributed by atoms with Crippen molar-refractivity contribution >= 4 is 23.3 Å². The summed E-state index contributed by atoms with van der Waals surface area (Å²) in [6.45, 7) is 1.86. The molecule has 1 fully saturated rings. The number of nitrogens with one attached hydrogen (secondary N) is 1. The Morgan fingerprint density at radius 1 is 1.12 bits per heavy atom. The highest BCUT2D eigenvalue weighted by atomic mass is 16.5. The molecule has 24 heavy (non-hydrogen) atoms. The molecule has 1 saturated heterocycles. The Morgan fingerprint density at radius 2 is 1.83 bits per heavy atom. The molecule has 0 unspecified atom stereocenters. The number of aromatic nitrogens is 1. The Morgan fingerprint density at radius 3 is 2.46 bits per heavy atom. The molecule has 1 aliphatic rings. The molecule has 126 valence electrons. The van der Waals surface area contributed by atoms with Crippen LogP contribution in [0.15, 0.2) is 42.6 Å². The molecular formula is C18H21N3O3. The number of hydrogen-bond donors (Lipinski definition) is 1. The molecule has 0 spiro atoms. The molecule has 6 nitrogen and oxygen atoms in total. The summed E-state index contributed by atoms with van der Waals surface area (Å²) in [5.74, 6) is -0.867. The molecule has 0 atom stereocenters. The largest absolute Gasteiger partial charge is 0.451 e. The first kappa shape index (κ1) is 16.1. The van der Waals surface area contributed by atoms with Gasteiger partial charge in [-0.2, -0.15) is 0 Å². The zero-order valence-corrected chi connectivity index (χ0v) is 13.7. The Bertz CT molecular complexity index is 715. The van der Waals surface area contributed by atoms with Gasteiger partial charge in [0.1, 0.15) is 5.69 Å². The summed E-state index contributed by atoms with van der Waals surface area (Å²) in [5.41, 5.74) is 2.27. The average Bonchev–Trinajstić information content (AvgIpc) is 3.25. The van der Waals surface area contributed by atoms with Crippen LogP contribution in [0.3, 0.4) is 0 Å². The molecule has 0 saturated carbocycles. The molecule has 2 aromatic rings. The third-order valence-electron chi connectivity index (χ3n) is 4.11. The fourth-order valence-electron chi connectivity index (χ4n) is 2.81. The number of carbonyl (C=O) groups excluding carboxylic acids is 2. The number of aryl methyl sites for hydroxylation is 1. The van der Waals surface area contributed by atoms with E-state index in [9.17, 15) is 9.59 Å². The number of nitrogens with zero attached hydrogens (tertiary/aromatic N) is 2. The first-order valence-corrected chi connectivity index (χ1v) is 8.07. The van der Waals surface area contributed by atoms with Crippen LogP contribution in [0.1, 0.15) is 23.3 Å². The van der Waals surface area contributed by atoms with E-state index in [2.05, 4.69) is 10.2 Å². The molecule has 1 N–H and O–H groups in total. The van der Waals surface area contributed by atoms with E-state index in [1.165, 1.54) is 18.5 Å². The number of benzene rings is 1. The van der Waals surface area contributed by atoms with Gasteiger partial charge < -0.3 is 19.5 Å². The van der Waals surface area contributed by atoms with E-state index in [-0.39, 0.29) is 12.5 Å². The molecule has 0 aliphatic carbocycles. The Labute approximate surface area is 141 Å². The first-order valence-electron chi connectivity index (χ1n) is 8.07. The number of esters is 1. The predicted octanol–water partition coefficient (Wildman–Crippen LogP) is 2.42. The van der Waals surface area contributed by atoms with Crippen molar-refractivity contribution in [2.75, 3.05) is 29.9 Å². The van der Waals surface area contributed by atoms with Crippen molar-refractivity contribution in [2.45, 2.75) is 12.8 Å². The minimum atomic E-state index is -0.512. The molecule has 1 aromatic heterocycles. The van der Waals surface area contributed by atoms with Gasteiger partial charge in [-0.05, 0) is 49.2 Å². The van der Waals surface area contributed by atoms with Gasteiger partial charge in [0.05, 0.1) is 0 Å². The Kier molecular flexibility index (Phi) is 4.84. The van der Waals surface area contributed by atoms with Gasteiger partial charge in [-0.3, -0.25) is 4.79 Å². The summed E-state index contributed by atoms with van der Waals surface area (Å²) in [6.07, 6.45) is 4.20. The average molecular weight is 327 g/mol. The molecule has 1 aromatic carbocycles. The zero-order valence-electron chi connectivity index (χ0n) is 13.7. The number of rotatable bonds is 5. The van der Waals surface area contributed by atoms with Crippen LogP contribution in [-0.4, -0.2) is 36.1 Å². The smallest absolute Gasteiger partial charge is 0.355 e. The van der Waals surface area contributed by atoms with Gasteiger partial charge in [0.15, 0.2) is 6.61 Å². The molecule has 0 radical (unpaired) electrons. The van der Waals surface area contributed by atoms with E-state index < -0.39 is 5.97 Å². The summed E-state index contributed by atoms with van der Waals surface area (Å²) in [4.78, 5) is 26.1. The van der Waals surface area contributed by atoms with Crippen molar-refractivity contribution in [2.24, 2.45) is 7.05 Å². The van der Waals surface area contributed by atoms with Crippen LogP contribution < -0.4 is 10.2 Å². The van der Waals surface area contributed by atoms with E-state index in [1.807, 2.05) is 24.3 Å². The number of amides is 1. The number of ether oxygens (including phenoxy) is 1. The van der Waals surface area contributed by atoms with Crippen LogP contribution in [-0.2, 0) is 16.6 Å². The second kappa shape index (κ2) is 7.21. The first-order chi connectivity index (χ1) is 11.6. The lowest BCUT2D eigenvalue weighted by Crippen LogP contribution is -2.22. The normalized spacial score (nSPS) is 13.8. The fraction of sp³-hybridized carbons (Fsp3) is 0.333. The van der Waals surface area contributed by atoms with Crippen molar-refractivity contribution in [1.29, 1.82) is 0 Å². The summed E-state index contributed by atoms with van der Waals surface area (Å²) in [5, 5.41) is 2.73. The van der Waals surface area contributed by atoms with Gasteiger partial charge in [-0.1, -0.05) is 0 Å². The Balaban J connectivity index is 1.49. The van der Waals surface area contributed by atoms with Gasteiger partial charge >= 0.3 is 5.97 Å². The standard InChI is InChI=1S/C18H21N3O3/c1-20-10-4-5-16(20)18(23)24-13-17(22)19-14-6-8-15(9-7-14)21-11-2-3-12-21/h4-10H,2-3,11-13H2,1H3,(H,19,22). The topological polar surface area (TPSA) is 63.6 Å². The van der Waals surface area contributed by atoms with Crippen LogP contribution in [0.4, 0.5) is 11.4 Å². The third-order valence-corrected chi connectivity index (χ3v) is 4.11. The van der Waals surface area contributed by atoms with E-state index in [4.69, 9.17) is 4.74 Å². The fourth-order valence-corrected chi connectivity index (χ4v) is 2.81. The molecule has 6 heteroatoms. The lowest BCUT2D eigenvalue weighted by atomic mass is 10.2. The maximum absolute atomic E-state index is 11.9. The van der Waals surface area contributed by atoms with Crippen LogP contribution in [0.25, 0.3) is 0 Å². The SMILES string of the molecule is Cn1cccc1C(=O)OCC(=O)Nc1ccc(N2CCCC2)cc1. The third kappa shape index (κ3) is 3.76. The second-order valence-electron chi connectivity index (χ2n) is 5.87. The van der Waals surface area contributed by atoms with Gasteiger partial charge in [-0.15, -0.1) is 0 Å². The maximum atomic E-state index is 11.9. The molecule has 3 rings (SSSR count). The van der Waals surface area contributed by atoms with E-state index in [0.717, 1.165) is 13.1 Å². The van der Waals surface area contributed by atoms with E-state index in [1.54, 1.807) is 29.9 Å². The highest BCUT2D eigenvalue weighted by Gasteiger charge is 2.14. The van der Waals surface area contributed by atoms with Crippen LogP contribution in [0, 0.1) is 0 Å². The quantitative estimate of drug-likeness (QED) is 0.857. The van der Waals surface area contributed by atoms with Crippen molar-refractivity contribution in [3.05, 3.63) is 48.3 Å². The predicted molar refractivity (Wildman–Crippen MR) is 92.2 cm³/mol. The van der Waals surface area contributed by atoms with Crippen LogP contribution in [0.2, 0.25) is 0 Å².